The molecule has 0 radical (unpaired) electrons. The summed E-state index contributed by atoms with van der Waals surface area (Å²) >= 11 is 0. The van der Waals surface area contributed by atoms with Gasteiger partial charge in [-0.25, -0.2) is 18.2 Å². The van der Waals surface area contributed by atoms with Crippen LogP contribution in [0, 0.1) is 5.92 Å². The van der Waals surface area contributed by atoms with Gasteiger partial charge in [-0.1, -0.05) is 6.92 Å². The molecule has 4 aromatic rings. The standard InChI is InChI=1S/C36H49N7O7S/c1-7-41-14-8-9-16-43(51(46,47)26-12-13-29-30(18-26)40(3)36(45)39(29)2)23-32(44)37-20-24-11-10-15-42(21-24)35-25(22-41)17-27-28(38-35)19-31(48-4)34(50-6)33(27)49-5/h12-13,17-19,24H,7-11,14-16,20-23H2,1-6H3,(H,37,44). The van der Waals surface area contributed by atoms with E-state index in [0.717, 1.165) is 54.8 Å². The molecule has 0 spiro atoms. The summed E-state index contributed by atoms with van der Waals surface area (Å²) in [4.78, 5) is 35.9. The predicted molar refractivity (Wildman–Crippen MR) is 196 cm³/mol. The molecule has 1 atom stereocenters. The van der Waals surface area contributed by atoms with Gasteiger partial charge in [-0.2, -0.15) is 4.31 Å². The van der Waals surface area contributed by atoms with Gasteiger partial charge in [-0.05, 0) is 69.0 Å². The summed E-state index contributed by atoms with van der Waals surface area (Å²) in [6, 6.07) is 8.71. The number of rotatable bonds is 6. The summed E-state index contributed by atoms with van der Waals surface area (Å²) in [5.41, 5.74) is 2.71. The first-order valence-electron chi connectivity index (χ1n) is 17.5. The molecule has 15 heteroatoms. The number of imidazole rings is 1. The molecule has 2 bridgehead atoms. The minimum absolute atomic E-state index is 0.0533. The molecule has 51 heavy (non-hydrogen) atoms. The van der Waals surface area contributed by atoms with Gasteiger partial charge in [0.05, 0.1) is 49.3 Å². The third kappa shape index (κ3) is 7.11. The van der Waals surface area contributed by atoms with Crippen molar-refractivity contribution in [2.45, 2.75) is 44.0 Å². The molecule has 4 heterocycles. The Hall–Kier alpha value is -4.34. The van der Waals surface area contributed by atoms with E-state index in [1.54, 1.807) is 41.5 Å². The van der Waals surface area contributed by atoms with Crippen LogP contribution >= 0.6 is 0 Å². The number of hydrogen-bond acceptors (Lipinski definition) is 10. The Labute approximate surface area is 298 Å². The van der Waals surface area contributed by atoms with E-state index < -0.39 is 10.0 Å². The number of sulfonamides is 1. The van der Waals surface area contributed by atoms with Gasteiger partial charge in [-0.3, -0.25) is 18.8 Å². The molecule has 2 aliphatic heterocycles. The zero-order valence-electron chi connectivity index (χ0n) is 30.4. The summed E-state index contributed by atoms with van der Waals surface area (Å²) in [6.45, 7) is 6.10. The van der Waals surface area contributed by atoms with Crippen LogP contribution < -0.4 is 30.1 Å². The molecule has 0 saturated carbocycles. The molecule has 1 N–H and O–H groups in total. The Balaban J connectivity index is 1.33. The van der Waals surface area contributed by atoms with Crippen molar-refractivity contribution in [3.8, 4) is 17.2 Å². The third-order valence-corrected chi connectivity index (χ3v) is 12.1. The number of pyridine rings is 1. The number of amides is 1. The van der Waals surface area contributed by atoms with Crippen LogP contribution in [0.1, 0.15) is 38.2 Å². The van der Waals surface area contributed by atoms with Gasteiger partial charge in [0.25, 0.3) is 0 Å². The molecule has 1 saturated heterocycles. The Bertz CT molecular complexity index is 2100. The number of hydrogen-bond donors (Lipinski definition) is 1. The van der Waals surface area contributed by atoms with E-state index in [4.69, 9.17) is 19.2 Å². The van der Waals surface area contributed by atoms with Gasteiger partial charge in [0.2, 0.25) is 21.7 Å². The molecular weight excluding hydrogens is 675 g/mol. The number of anilines is 1. The summed E-state index contributed by atoms with van der Waals surface area (Å²) in [7, 11) is 4.02. The fraction of sp³-hybridized carbons (Fsp3) is 0.528. The van der Waals surface area contributed by atoms with E-state index in [0.29, 0.717) is 60.8 Å². The average Bonchev–Trinajstić information content (AvgIpc) is 3.35. The van der Waals surface area contributed by atoms with Crippen molar-refractivity contribution in [3.63, 3.8) is 0 Å². The highest BCUT2D eigenvalue weighted by atomic mass is 32.2. The molecule has 1 fully saturated rings. The van der Waals surface area contributed by atoms with Gasteiger partial charge in [0.15, 0.2) is 11.5 Å². The van der Waals surface area contributed by atoms with Crippen LogP contribution in [-0.4, -0.2) is 105 Å². The predicted octanol–water partition coefficient (Wildman–Crippen LogP) is 3.09. The Kier molecular flexibility index (Phi) is 10.8. The van der Waals surface area contributed by atoms with Crippen LogP contribution in [-0.2, 0) is 35.5 Å². The number of carbonyl (C=O) groups excluding carboxylic acids is 1. The van der Waals surface area contributed by atoms with Crippen molar-refractivity contribution < 1.29 is 27.4 Å². The van der Waals surface area contributed by atoms with Gasteiger partial charge in [-0.15, -0.1) is 0 Å². The van der Waals surface area contributed by atoms with E-state index in [9.17, 15) is 18.0 Å². The SMILES string of the molecule is CCN1CCCCN(S(=O)(=O)c2ccc3c(c2)n(C)c(=O)n3C)CC(=O)NCC2CCCN(C2)c2nc3cc(OC)c(OC)c(OC)c3cc2C1. The van der Waals surface area contributed by atoms with Crippen LogP contribution in [0.25, 0.3) is 21.9 Å². The second-order valence-electron chi connectivity index (χ2n) is 13.4. The number of nitrogens with zero attached hydrogens (tertiary/aromatic N) is 6. The first-order chi connectivity index (χ1) is 24.5. The van der Waals surface area contributed by atoms with Crippen molar-refractivity contribution in [3.05, 3.63) is 46.4 Å². The van der Waals surface area contributed by atoms with Crippen molar-refractivity contribution in [2.24, 2.45) is 20.0 Å². The van der Waals surface area contributed by atoms with Gasteiger partial charge in [0, 0.05) is 63.8 Å². The fourth-order valence-corrected chi connectivity index (χ4v) is 8.86. The van der Waals surface area contributed by atoms with Crippen molar-refractivity contribution >= 4 is 43.7 Å². The molecule has 14 nitrogen and oxygen atoms in total. The Morgan fingerprint density at radius 2 is 1.63 bits per heavy atom. The lowest BCUT2D eigenvalue weighted by Gasteiger charge is -2.36. The highest BCUT2D eigenvalue weighted by molar-refractivity contribution is 7.89. The Morgan fingerprint density at radius 3 is 2.35 bits per heavy atom. The number of benzene rings is 2. The number of carbonyl (C=O) groups is 1. The molecule has 1 unspecified atom stereocenters. The third-order valence-electron chi connectivity index (χ3n) is 10.3. The normalized spacial score (nSPS) is 18.8. The maximum absolute atomic E-state index is 14.1. The quantitative estimate of drug-likeness (QED) is 0.316. The van der Waals surface area contributed by atoms with Crippen molar-refractivity contribution in [1.82, 2.24) is 28.6 Å². The second kappa shape index (κ2) is 15.1. The number of aromatic nitrogens is 3. The summed E-state index contributed by atoms with van der Waals surface area (Å²) in [5, 5.41) is 3.87. The number of methoxy groups -OCH3 is 3. The minimum atomic E-state index is -4.05. The van der Waals surface area contributed by atoms with Crippen LogP contribution in [0.5, 0.6) is 17.2 Å². The van der Waals surface area contributed by atoms with Gasteiger partial charge < -0.3 is 24.4 Å². The summed E-state index contributed by atoms with van der Waals surface area (Å²) < 4.78 is 49.5. The maximum atomic E-state index is 14.1. The summed E-state index contributed by atoms with van der Waals surface area (Å²) in [5.74, 6) is 2.32. The van der Waals surface area contributed by atoms with Crippen LogP contribution in [0.15, 0.2) is 40.0 Å². The number of fused-ring (bicyclic) bond motifs is 6. The van der Waals surface area contributed by atoms with E-state index in [-0.39, 0.29) is 35.5 Å². The minimum Gasteiger partial charge on any atom is -0.493 e. The van der Waals surface area contributed by atoms with Crippen LogP contribution in [0.2, 0.25) is 0 Å². The first-order valence-corrected chi connectivity index (χ1v) is 19.0. The molecule has 1 amide bonds. The van der Waals surface area contributed by atoms with Crippen molar-refractivity contribution in [1.29, 1.82) is 0 Å². The lowest BCUT2D eigenvalue weighted by molar-refractivity contribution is -0.121. The number of nitrogens with one attached hydrogen (secondary N) is 1. The van der Waals surface area contributed by atoms with Gasteiger partial charge in [0.1, 0.15) is 5.82 Å². The van der Waals surface area contributed by atoms with Crippen LogP contribution in [0.3, 0.4) is 0 Å². The monoisotopic (exact) mass is 723 g/mol. The lowest BCUT2D eigenvalue weighted by Crippen LogP contribution is -2.45. The Morgan fingerprint density at radius 1 is 0.882 bits per heavy atom. The number of piperidine rings is 1. The fourth-order valence-electron chi connectivity index (χ4n) is 7.40. The molecule has 2 aliphatic rings. The first kappa shape index (κ1) is 36.5. The zero-order valence-corrected chi connectivity index (χ0v) is 31.2. The molecule has 2 aromatic carbocycles. The second-order valence-corrected chi connectivity index (χ2v) is 15.3. The highest BCUT2D eigenvalue weighted by Gasteiger charge is 2.30. The van der Waals surface area contributed by atoms with Crippen molar-refractivity contribution in [2.75, 3.05) is 72.0 Å². The topological polar surface area (TPSA) is 140 Å². The van der Waals surface area contributed by atoms with Gasteiger partial charge >= 0.3 is 5.69 Å². The molecule has 276 valence electrons. The largest absolute Gasteiger partial charge is 0.493 e. The zero-order chi connectivity index (χ0) is 36.4. The smallest absolute Gasteiger partial charge is 0.328 e. The molecule has 2 aromatic heterocycles. The molecular formula is C36H49N7O7S. The average molecular weight is 724 g/mol. The van der Waals surface area contributed by atoms with Crippen LogP contribution in [0.4, 0.5) is 5.82 Å². The number of ether oxygens (including phenoxy) is 3. The highest BCUT2D eigenvalue weighted by Crippen LogP contribution is 2.44. The molecule has 0 aliphatic carbocycles. The van der Waals surface area contributed by atoms with E-state index in [1.807, 2.05) is 6.07 Å². The summed E-state index contributed by atoms with van der Waals surface area (Å²) in [6.07, 6.45) is 3.12. The maximum Gasteiger partial charge on any atom is 0.328 e. The number of aryl methyl sites for hydroxylation is 2. The van der Waals surface area contributed by atoms with E-state index in [1.165, 1.54) is 25.6 Å². The van der Waals surface area contributed by atoms with E-state index >= 15 is 0 Å². The van der Waals surface area contributed by atoms with E-state index in [2.05, 4.69) is 28.1 Å². The lowest BCUT2D eigenvalue weighted by atomic mass is 9.97. The molecule has 6 rings (SSSR count).